The van der Waals surface area contributed by atoms with Crippen LogP contribution in [0.5, 0.6) is 0 Å². The number of aromatic nitrogens is 2. The molecule has 0 amide bonds. The van der Waals surface area contributed by atoms with Gasteiger partial charge >= 0.3 is 0 Å². The average molecular weight is 333 g/mol. The summed E-state index contributed by atoms with van der Waals surface area (Å²) in [6.07, 6.45) is 4.38. The van der Waals surface area contributed by atoms with Crippen LogP contribution in [-0.2, 0) is 12.8 Å². The summed E-state index contributed by atoms with van der Waals surface area (Å²) in [5, 5.41) is 0.661. The van der Waals surface area contributed by atoms with Crippen molar-refractivity contribution >= 4 is 10.9 Å². The van der Waals surface area contributed by atoms with E-state index < -0.39 is 0 Å². The molecule has 4 heteroatoms. The van der Waals surface area contributed by atoms with Crippen LogP contribution in [0.3, 0.4) is 0 Å². The first-order chi connectivity index (χ1) is 12.3. The Morgan fingerprint density at radius 2 is 1.88 bits per heavy atom. The molecule has 3 aromatic rings. The van der Waals surface area contributed by atoms with Gasteiger partial charge in [0.05, 0.1) is 10.9 Å². The number of H-pyrrole nitrogens is 1. The van der Waals surface area contributed by atoms with E-state index in [4.69, 9.17) is 0 Å². The summed E-state index contributed by atoms with van der Waals surface area (Å²) in [7, 11) is 0. The zero-order valence-corrected chi connectivity index (χ0v) is 14.3. The number of nitrogens with one attached hydrogen (secondary N) is 1. The van der Waals surface area contributed by atoms with Gasteiger partial charge in [0.1, 0.15) is 5.82 Å². The highest BCUT2D eigenvalue weighted by molar-refractivity contribution is 5.77. The van der Waals surface area contributed by atoms with Gasteiger partial charge in [0.15, 0.2) is 0 Å². The van der Waals surface area contributed by atoms with E-state index in [-0.39, 0.29) is 5.56 Å². The van der Waals surface area contributed by atoms with Crippen molar-refractivity contribution in [2.75, 3.05) is 13.1 Å². The van der Waals surface area contributed by atoms with Crippen molar-refractivity contribution in [2.45, 2.75) is 31.7 Å². The standard InChI is InChI=1S/C21H23N3O/c25-21-18-10-4-5-11-19(18)22-20(23-21)12-14-24-13-6-9-17(24)15-16-7-2-1-3-8-16/h1-5,7-8,10-11,17H,6,9,12-15H2,(H,22,23,25)/t17-/m1/s1. The summed E-state index contributed by atoms with van der Waals surface area (Å²) < 4.78 is 0. The first kappa shape index (κ1) is 16.0. The van der Waals surface area contributed by atoms with E-state index in [9.17, 15) is 4.79 Å². The quantitative estimate of drug-likeness (QED) is 0.780. The molecule has 0 aliphatic carbocycles. The number of likely N-dealkylation sites (tertiary alicyclic amines) is 1. The van der Waals surface area contributed by atoms with E-state index in [0.29, 0.717) is 11.4 Å². The summed E-state index contributed by atoms with van der Waals surface area (Å²) in [5.74, 6) is 0.786. The summed E-state index contributed by atoms with van der Waals surface area (Å²) >= 11 is 0. The monoisotopic (exact) mass is 333 g/mol. The smallest absolute Gasteiger partial charge is 0.258 e. The zero-order chi connectivity index (χ0) is 17.1. The van der Waals surface area contributed by atoms with Crippen LogP contribution < -0.4 is 5.56 Å². The Balaban J connectivity index is 1.44. The van der Waals surface area contributed by atoms with Crippen LogP contribution in [0, 0.1) is 0 Å². The number of fused-ring (bicyclic) bond motifs is 1. The van der Waals surface area contributed by atoms with Crippen LogP contribution in [0.2, 0.25) is 0 Å². The molecule has 1 aromatic heterocycles. The van der Waals surface area contributed by atoms with Gasteiger partial charge in [0.25, 0.3) is 5.56 Å². The Labute approximate surface area is 147 Å². The molecule has 0 bridgehead atoms. The van der Waals surface area contributed by atoms with Gasteiger partial charge in [0, 0.05) is 19.0 Å². The second-order valence-electron chi connectivity index (χ2n) is 6.80. The van der Waals surface area contributed by atoms with Crippen molar-refractivity contribution in [2.24, 2.45) is 0 Å². The molecule has 1 aliphatic rings. The lowest BCUT2D eigenvalue weighted by molar-refractivity contribution is 0.254. The Bertz CT molecular complexity index is 904. The van der Waals surface area contributed by atoms with Crippen LogP contribution >= 0.6 is 0 Å². The summed E-state index contributed by atoms with van der Waals surface area (Å²) in [6, 6.07) is 18.8. The molecule has 0 unspecified atom stereocenters. The zero-order valence-electron chi connectivity index (χ0n) is 14.3. The van der Waals surface area contributed by atoms with Crippen molar-refractivity contribution in [3.63, 3.8) is 0 Å². The molecular formula is C21H23N3O. The Hall–Kier alpha value is -2.46. The number of benzene rings is 2. The van der Waals surface area contributed by atoms with Crippen LogP contribution in [0.15, 0.2) is 59.4 Å². The molecular weight excluding hydrogens is 310 g/mol. The number of nitrogens with zero attached hydrogens (tertiary/aromatic N) is 2. The second kappa shape index (κ2) is 7.19. The third-order valence-electron chi connectivity index (χ3n) is 5.11. The predicted molar refractivity (Wildman–Crippen MR) is 101 cm³/mol. The van der Waals surface area contributed by atoms with Crippen molar-refractivity contribution in [3.05, 3.63) is 76.3 Å². The predicted octanol–water partition coefficient (Wildman–Crippen LogP) is 3.17. The molecule has 1 atom stereocenters. The molecule has 2 heterocycles. The molecule has 0 saturated carbocycles. The van der Waals surface area contributed by atoms with Crippen molar-refractivity contribution in [1.82, 2.24) is 14.9 Å². The number of rotatable bonds is 5. The SMILES string of the molecule is O=c1[nH]c(CCN2CCC[C@@H]2Cc2ccccc2)nc2ccccc12. The first-order valence-corrected chi connectivity index (χ1v) is 9.05. The van der Waals surface area contributed by atoms with Crippen LogP contribution in [0.25, 0.3) is 10.9 Å². The minimum atomic E-state index is -0.0390. The molecule has 1 fully saturated rings. The van der Waals surface area contributed by atoms with Gasteiger partial charge in [-0.15, -0.1) is 0 Å². The number of para-hydroxylation sites is 1. The maximum absolute atomic E-state index is 12.2. The minimum absolute atomic E-state index is 0.0390. The Morgan fingerprint density at radius 3 is 2.76 bits per heavy atom. The van der Waals surface area contributed by atoms with E-state index in [0.717, 1.165) is 37.3 Å². The van der Waals surface area contributed by atoms with Gasteiger partial charge in [-0.25, -0.2) is 4.98 Å². The van der Waals surface area contributed by atoms with Gasteiger partial charge in [-0.2, -0.15) is 0 Å². The number of aromatic amines is 1. The second-order valence-corrected chi connectivity index (χ2v) is 6.80. The minimum Gasteiger partial charge on any atom is -0.310 e. The number of hydrogen-bond donors (Lipinski definition) is 1. The fraction of sp³-hybridized carbons (Fsp3) is 0.333. The lowest BCUT2D eigenvalue weighted by Gasteiger charge is -2.24. The molecule has 25 heavy (non-hydrogen) atoms. The molecule has 4 nitrogen and oxygen atoms in total. The fourth-order valence-corrected chi connectivity index (χ4v) is 3.81. The van der Waals surface area contributed by atoms with Gasteiger partial charge in [-0.1, -0.05) is 42.5 Å². The van der Waals surface area contributed by atoms with Crippen molar-refractivity contribution < 1.29 is 0 Å². The largest absolute Gasteiger partial charge is 0.310 e. The maximum atomic E-state index is 12.2. The molecule has 4 rings (SSSR count). The first-order valence-electron chi connectivity index (χ1n) is 9.05. The fourth-order valence-electron chi connectivity index (χ4n) is 3.81. The summed E-state index contributed by atoms with van der Waals surface area (Å²) in [5.41, 5.74) is 2.14. The highest BCUT2D eigenvalue weighted by Crippen LogP contribution is 2.21. The highest BCUT2D eigenvalue weighted by atomic mass is 16.1. The Kier molecular flexibility index (Phi) is 4.61. The lowest BCUT2D eigenvalue weighted by atomic mass is 10.0. The molecule has 0 spiro atoms. The van der Waals surface area contributed by atoms with Crippen molar-refractivity contribution in [1.29, 1.82) is 0 Å². The molecule has 1 N–H and O–H groups in total. The average Bonchev–Trinajstić information content (AvgIpc) is 3.08. The maximum Gasteiger partial charge on any atom is 0.258 e. The van der Waals surface area contributed by atoms with Crippen molar-refractivity contribution in [3.8, 4) is 0 Å². The molecule has 0 radical (unpaired) electrons. The van der Waals surface area contributed by atoms with Gasteiger partial charge < -0.3 is 4.98 Å². The topological polar surface area (TPSA) is 49.0 Å². The van der Waals surface area contributed by atoms with Crippen LogP contribution in [-0.4, -0.2) is 34.0 Å². The van der Waals surface area contributed by atoms with E-state index in [1.807, 2.05) is 24.3 Å². The van der Waals surface area contributed by atoms with Gasteiger partial charge in [-0.05, 0) is 43.5 Å². The Morgan fingerprint density at radius 1 is 1.08 bits per heavy atom. The summed E-state index contributed by atoms with van der Waals surface area (Å²) in [4.78, 5) is 22.3. The summed E-state index contributed by atoms with van der Waals surface area (Å²) in [6.45, 7) is 2.08. The molecule has 2 aromatic carbocycles. The third kappa shape index (κ3) is 3.64. The van der Waals surface area contributed by atoms with E-state index >= 15 is 0 Å². The van der Waals surface area contributed by atoms with E-state index in [1.165, 1.54) is 18.4 Å². The highest BCUT2D eigenvalue weighted by Gasteiger charge is 2.24. The normalized spacial score (nSPS) is 18.0. The van der Waals surface area contributed by atoms with E-state index in [1.54, 1.807) is 0 Å². The van der Waals surface area contributed by atoms with E-state index in [2.05, 4.69) is 45.2 Å². The van der Waals surface area contributed by atoms with Gasteiger partial charge in [-0.3, -0.25) is 9.69 Å². The van der Waals surface area contributed by atoms with Gasteiger partial charge in [0.2, 0.25) is 0 Å². The van der Waals surface area contributed by atoms with Crippen LogP contribution in [0.4, 0.5) is 0 Å². The molecule has 1 saturated heterocycles. The van der Waals surface area contributed by atoms with Crippen LogP contribution in [0.1, 0.15) is 24.2 Å². The number of hydrogen-bond acceptors (Lipinski definition) is 3. The molecule has 1 aliphatic heterocycles. The third-order valence-corrected chi connectivity index (χ3v) is 5.11. The lowest BCUT2D eigenvalue weighted by Crippen LogP contribution is -2.33. The molecule has 128 valence electrons.